The smallest absolute Gasteiger partial charge is 0.337 e. The third-order valence-corrected chi connectivity index (χ3v) is 6.14. The van der Waals surface area contributed by atoms with E-state index in [1.165, 1.54) is 7.05 Å². The molecule has 10 heteroatoms. The molecule has 1 atom stereocenters. The molecule has 0 spiro atoms. The fraction of sp³-hybridized carbons (Fsp3) is 0.562. The van der Waals surface area contributed by atoms with Crippen LogP contribution in [0.25, 0.3) is 0 Å². The third kappa shape index (κ3) is 3.95. The molecule has 1 aliphatic rings. The number of piperidine rings is 1. The van der Waals surface area contributed by atoms with Crippen LogP contribution in [-0.2, 0) is 19.6 Å². The normalized spacial score (nSPS) is 18.4. The van der Waals surface area contributed by atoms with E-state index in [0.717, 1.165) is 30.0 Å². The Morgan fingerprint density at radius 2 is 2.19 bits per heavy atom. The van der Waals surface area contributed by atoms with Crippen LogP contribution in [0.5, 0.6) is 0 Å². The van der Waals surface area contributed by atoms with E-state index >= 15 is 0 Å². The Bertz CT molecular complexity index is 817. The van der Waals surface area contributed by atoms with Gasteiger partial charge in [0.25, 0.3) is 5.91 Å². The number of carbonyl (C=O) groups excluding carboxylic acids is 1. The van der Waals surface area contributed by atoms with Crippen molar-refractivity contribution in [1.82, 2.24) is 19.7 Å². The monoisotopic (exact) mass is 450 g/mol. The van der Waals surface area contributed by atoms with Crippen molar-refractivity contribution in [3.05, 3.63) is 31.9 Å². The van der Waals surface area contributed by atoms with E-state index in [9.17, 15) is 18.0 Å². The minimum absolute atomic E-state index is 0.189. The molecule has 5 nitrogen and oxygen atoms in total. The lowest BCUT2D eigenvalue weighted by atomic mass is 9.95. The number of aryl methyl sites for hydroxylation is 2. The van der Waals surface area contributed by atoms with Crippen molar-refractivity contribution in [2.75, 3.05) is 13.1 Å². The Morgan fingerprint density at radius 1 is 1.46 bits per heavy atom. The van der Waals surface area contributed by atoms with Crippen molar-refractivity contribution >= 4 is 33.2 Å². The van der Waals surface area contributed by atoms with Crippen LogP contribution in [0.4, 0.5) is 13.2 Å². The Labute approximate surface area is 161 Å². The quantitative estimate of drug-likeness (QED) is 0.708. The van der Waals surface area contributed by atoms with Crippen LogP contribution >= 0.6 is 27.3 Å². The van der Waals surface area contributed by atoms with Crippen LogP contribution in [0.2, 0.25) is 0 Å². The topological polar surface area (TPSA) is 51.0 Å². The van der Waals surface area contributed by atoms with E-state index in [2.05, 4.69) is 26.0 Å². The van der Waals surface area contributed by atoms with Crippen LogP contribution in [-0.4, -0.2) is 38.7 Å². The van der Waals surface area contributed by atoms with Gasteiger partial charge in [-0.05, 0) is 41.6 Å². The second-order valence-corrected chi connectivity index (χ2v) is 8.21. The largest absolute Gasteiger partial charge is 0.434 e. The standard InChI is InChI=1S/C16H18BrF3N4OS/c1-9-8-26-11(21-9)6-10-4-3-5-24(7-10)15(25)13-12(17)14(16(18,19)20)23(2)22-13/h8,10H,3-7H2,1-2H3. The van der Waals surface area contributed by atoms with Crippen molar-refractivity contribution < 1.29 is 18.0 Å². The molecule has 3 rings (SSSR count). The van der Waals surface area contributed by atoms with Crippen molar-refractivity contribution in [2.45, 2.75) is 32.4 Å². The minimum Gasteiger partial charge on any atom is -0.337 e. The first-order valence-electron chi connectivity index (χ1n) is 8.16. The number of aromatic nitrogens is 3. The summed E-state index contributed by atoms with van der Waals surface area (Å²) in [6.07, 6.45) is -2.01. The highest BCUT2D eigenvalue weighted by Crippen LogP contribution is 2.37. The van der Waals surface area contributed by atoms with Crippen LogP contribution in [0, 0.1) is 12.8 Å². The predicted octanol–water partition coefficient (Wildman–Crippen LogP) is 4.06. The molecule has 1 saturated heterocycles. The summed E-state index contributed by atoms with van der Waals surface area (Å²) >= 11 is 4.51. The van der Waals surface area contributed by atoms with E-state index in [0.29, 0.717) is 17.8 Å². The van der Waals surface area contributed by atoms with Crippen LogP contribution in [0.15, 0.2) is 9.85 Å². The van der Waals surface area contributed by atoms with E-state index < -0.39 is 17.8 Å². The number of halogens is 4. The molecule has 0 aromatic carbocycles. The van der Waals surface area contributed by atoms with Gasteiger partial charge in [-0.15, -0.1) is 11.3 Å². The van der Waals surface area contributed by atoms with E-state index in [1.54, 1.807) is 16.2 Å². The molecule has 0 radical (unpaired) electrons. The van der Waals surface area contributed by atoms with Gasteiger partial charge in [0.1, 0.15) is 0 Å². The molecule has 0 aliphatic carbocycles. The van der Waals surface area contributed by atoms with Gasteiger partial charge in [-0.3, -0.25) is 9.48 Å². The van der Waals surface area contributed by atoms with Crippen molar-refractivity contribution in [3.8, 4) is 0 Å². The van der Waals surface area contributed by atoms with Gasteiger partial charge < -0.3 is 4.90 Å². The summed E-state index contributed by atoms with van der Waals surface area (Å²) in [5.74, 6) is -0.217. The number of likely N-dealkylation sites (tertiary alicyclic amines) is 1. The van der Waals surface area contributed by atoms with Gasteiger partial charge >= 0.3 is 6.18 Å². The fourth-order valence-electron chi connectivity index (χ4n) is 3.25. The molecule has 1 unspecified atom stereocenters. The van der Waals surface area contributed by atoms with Crippen LogP contribution < -0.4 is 0 Å². The van der Waals surface area contributed by atoms with Crippen molar-refractivity contribution in [3.63, 3.8) is 0 Å². The minimum atomic E-state index is -4.58. The molecule has 0 saturated carbocycles. The van der Waals surface area contributed by atoms with E-state index in [-0.39, 0.29) is 16.1 Å². The number of amides is 1. The summed E-state index contributed by atoms with van der Waals surface area (Å²) in [5, 5.41) is 6.83. The average molecular weight is 451 g/mol. The summed E-state index contributed by atoms with van der Waals surface area (Å²) in [7, 11) is 1.19. The molecule has 1 amide bonds. The van der Waals surface area contributed by atoms with Gasteiger partial charge in [-0.2, -0.15) is 18.3 Å². The SMILES string of the molecule is Cc1csc(CC2CCCN(C(=O)c3nn(C)c(C(F)(F)F)c3Br)C2)n1. The first-order chi connectivity index (χ1) is 12.2. The van der Waals surface area contributed by atoms with Gasteiger partial charge in [0.15, 0.2) is 11.4 Å². The lowest BCUT2D eigenvalue weighted by molar-refractivity contribution is -0.144. The summed E-state index contributed by atoms with van der Waals surface area (Å²) < 4.78 is 39.7. The fourth-order valence-corrected chi connectivity index (χ4v) is 4.87. The molecule has 26 heavy (non-hydrogen) atoms. The molecule has 3 heterocycles. The maximum Gasteiger partial charge on any atom is 0.434 e. The number of alkyl halides is 3. The van der Waals surface area contributed by atoms with Crippen LogP contribution in [0.1, 0.15) is 39.7 Å². The zero-order valence-electron chi connectivity index (χ0n) is 14.3. The lowest BCUT2D eigenvalue weighted by Crippen LogP contribution is -2.40. The maximum atomic E-state index is 13.1. The molecule has 2 aromatic rings. The second kappa shape index (κ2) is 7.30. The molecule has 1 aliphatic heterocycles. The molecule has 0 N–H and O–H groups in total. The Morgan fingerprint density at radius 3 is 2.77 bits per heavy atom. The number of hydrogen-bond donors (Lipinski definition) is 0. The Kier molecular flexibility index (Phi) is 5.43. The molecule has 0 bridgehead atoms. The number of thiazole rings is 1. The summed E-state index contributed by atoms with van der Waals surface area (Å²) in [6.45, 7) is 2.96. The van der Waals surface area contributed by atoms with Gasteiger partial charge in [0.2, 0.25) is 0 Å². The highest BCUT2D eigenvalue weighted by Gasteiger charge is 2.40. The molecular weight excluding hydrogens is 433 g/mol. The summed E-state index contributed by atoms with van der Waals surface area (Å²) in [6, 6.07) is 0. The lowest BCUT2D eigenvalue weighted by Gasteiger charge is -2.32. The van der Waals surface area contributed by atoms with E-state index in [1.807, 2.05) is 12.3 Å². The maximum absolute atomic E-state index is 13.1. The first-order valence-corrected chi connectivity index (χ1v) is 9.84. The zero-order valence-corrected chi connectivity index (χ0v) is 16.7. The summed E-state index contributed by atoms with van der Waals surface area (Å²) in [4.78, 5) is 18.8. The summed E-state index contributed by atoms with van der Waals surface area (Å²) in [5.41, 5.74) is -0.163. The number of nitrogens with zero attached hydrogens (tertiary/aromatic N) is 4. The molecule has 2 aromatic heterocycles. The van der Waals surface area contributed by atoms with Gasteiger partial charge in [-0.1, -0.05) is 0 Å². The van der Waals surface area contributed by atoms with E-state index in [4.69, 9.17) is 0 Å². The zero-order chi connectivity index (χ0) is 19.1. The van der Waals surface area contributed by atoms with Crippen LogP contribution in [0.3, 0.4) is 0 Å². The van der Waals surface area contributed by atoms with Crippen molar-refractivity contribution in [1.29, 1.82) is 0 Å². The Balaban J connectivity index is 1.75. The highest BCUT2D eigenvalue weighted by atomic mass is 79.9. The molecular formula is C16H18BrF3N4OS. The number of hydrogen-bond acceptors (Lipinski definition) is 4. The first kappa shape index (κ1) is 19.3. The highest BCUT2D eigenvalue weighted by molar-refractivity contribution is 9.10. The number of rotatable bonds is 3. The molecule has 142 valence electrons. The number of carbonyl (C=O) groups is 1. The van der Waals surface area contributed by atoms with Gasteiger partial charge in [-0.25, -0.2) is 4.98 Å². The van der Waals surface area contributed by atoms with Crippen molar-refractivity contribution in [2.24, 2.45) is 13.0 Å². The van der Waals surface area contributed by atoms with Gasteiger partial charge in [0.05, 0.1) is 9.48 Å². The molecule has 1 fully saturated rings. The second-order valence-electron chi connectivity index (χ2n) is 6.48. The average Bonchev–Trinajstić information content (AvgIpc) is 3.09. The predicted molar refractivity (Wildman–Crippen MR) is 95.1 cm³/mol. The Hall–Kier alpha value is -1.42. The van der Waals surface area contributed by atoms with Gasteiger partial charge in [0, 0.05) is 37.6 Å². The third-order valence-electron chi connectivity index (χ3n) is 4.40.